The van der Waals surface area contributed by atoms with Crippen LogP contribution in [0.4, 0.5) is 4.79 Å². The Labute approximate surface area is 117 Å². The minimum atomic E-state index is -1.30. The van der Waals surface area contributed by atoms with Crippen molar-refractivity contribution in [1.29, 1.82) is 0 Å². The van der Waals surface area contributed by atoms with Crippen molar-refractivity contribution in [2.75, 3.05) is 6.61 Å². The Morgan fingerprint density at radius 3 is 1.84 bits per heavy atom. The first-order valence-electron chi connectivity index (χ1n) is 7.71. The first-order chi connectivity index (χ1) is 9.20. The van der Waals surface area contributed by atoms with Crippen LogP contribution in [0.3, 0.4) is 0 Å². The molecule has 0 aliphatic rings. The van der Waals surface area contributed by atoms with Crippen LogP contribution in [0.5, 0.6) is 0 Å². The normalized spacial score (nSPS) is 12.3. The molecule has 4 nitrogen and oxygen atoms in total. The summed E-state index contributed by atoms with van der Waals surface area (Å²) >= 11 is 0. The molecule has 0 saturated carbocycles. The van der Waals surface area contributed by atoms with Crippen LogP contribution in [0.15, 0.2) is 0 Å². The van der Waals surface area contributed by atoms with Gasteiger partial charge in [-0.2, -0.15) is 0 Å². The minimum Gasteiger partial charge on any atom is -0.450 e. The van der Waals surface area contributed by atoms with Gasteiger partial charge in [-0.3, -0.25) is 0 Å². The van der Waals surface area contributed by atoms with Gasteiger partial charge in [0, 0.05) is 0 Å². The van der Waals surface area contributed by atoms with Crippen LogP contribution in [0.2, 0.25) is 0 Å². The fourth-order valence-electron chi connectivity index (χ4n) is 2.19. The second-order valence-electron chi connectivity index (χ2n) is 5.16. The number of hydrogen-bond acceptors (Lipinski definition) is 3. The topological polar surface area (TPSA) is 66.8 Å². The standard InChI is InChI=1S/C15H30O4/c1-2-3-4-5-6-7-8-9-10-11-12-14(13-16)19-15(17)18/h14,16H,2-13H2,1H3,(H,17,18). The Morgan fingerprint density at radius 2 is 1.42 bits per heavy atom. The van der Waals surface area contributed by atoms with E-state index in [1.54, 1.807) is 0 Å². The molecule has 0 aromatic carbocycles. The lowest BCUT2D eigenvalue weighted by Crippen LogP contribution is -2.20. The van der Waals surface area contributed by atoms with Crippen LogP contribution in [-0.2, 0) is 4.74 Å². The van der Waals surface area contributed by atoms with Crippen LogP contribution in [0.1, 0.15) is 77.6 Å². The van der Waals surface area contributed by atoms with Gasteiger partial charge in [-0.1, -0.05) is 64.7 Å². The molecule has 1 atom stereocenters. The number of carboxylic acid groups (broad SMARTS) is 1. The van der Waals surface area contributed by atoms with Crippen LogP contribution in [0.25, 0.3) is 0 Å². The average Bonchev–Trinajstić information content (AvgIpc) is 2.39. The number of hydrogen-bond donors (Lipinski definition) is 2. The van der Waals surface area contributed by atoms with Gasteiger partial charge in [-0.15, -0.1) is 0 Å². The molecule has 0 aliphatic carbocycles. The van der Waals surface area contributed by atoms with Gasteiger partial charge in [-0.25, -0.2) is 4.79 Å². The first-order valence-corrected chi connectivity index (χ1v) is 7.71. The van der Waals surface area contributed by atoms with Gasteiger partial charge < -0.3 is 14.9 Å². The van der Waals surface area contributed by atoms with Gasteiger partial charge in [0.2, 0.25) is 0 Å². The molecule has 0 aliphatic heterocycles. The summed E-state index contributed by atoms with van der Waals surface area (Å²) in [5.41, 5.74) is 0. The van der Waals surface area contributed by atoms with Crippen LogP contribution in [-0.4, -0.2) is 29.1 Å². The highest BCUT2D eigenvalue weighted by atomic mass is 16.7. The van der Waals surface area contributed by atoms with E-state index >= 15 is 0 Å². The van der Waals surface area contributed by atoms with Crippen molar-refractivity contribution in [2.24, 2.45) is 0 Å². The van der Waals surface area contributed by atoms with E-state index in [0.29, 0.717) is 6.42 Å². The lowest BCUT2D eigenvalue weighted by atomic mass is 10.0. The molecule has 0 aromatic rings. The minimum absolute atomic E-state index is 0.219. The summed E-state index contributed by atoms with van der Waals surface area (Å²) in [5, 5.41) is 17.4. The number of carbonyl (C=O) groups is 1. The molecule has 4 heteroatoms. The SMILES string of the molecule is CCCCCCCCCCCCC(CO)OC(=O)O. The number of unbranched alkanes of at least 4 members (excludes halogenated alkanes) is 9. The number of ether oxygens (including phenoxy) is 1. The Morgan fingerprint density at radius 1 is 0.947 bits per heavy atom. The van der Waals surface area contributed by atoms with Crippen molar-refractivity contribution in [1.82, 2.24) is 0 Å². The highest BCUT2D eigenvalue weighted by Crippen LogP contribution is 2.12. The molecule has 0 bridgehead atoms. The van der Waals surface area contributed by atoms with Crippen LogP contribution >= 0.6 is 0 Å². The fraction of sp³-hybridized carbons (Fsp3) is 0.933. The Hall–Kier alpha value is -0.770. The molecule has 0 heterocycles. The summed E-state index contributed by atoms with van der Waals surface area (Å²) in [4.78, 5) is 10.3. The van der Waals surface area contributed by atoms with E-state index in [1.807, 2.05) is 0 Å². The van der Waals surface area contributed by atoms with Crippen molar-refractivity contribution in [2.45, 2.75) is 83.7 Å². The maximum Gasteiger partial charge on any atom is 0.506 e. The zero-order valence-electron chi connectivity index (χ0n) is 12.3. The molecule has 0 amide bonds. The van der Waals surface area contributed by atoms with Gasteiger partial charge in [0.15, 0.2) is 0 Å². The van der Waals surface area contributed by atoms with Crippen LogP contribution < -0.4 is 0 Å². The van der Waals surface area contributed by atoms with E-state index < -0.39 is 12.3 Å². The Bertz CT molecular complexity index is 206. The second-order valence-corrected chi connectivity index (χ2v) is 5.16. The van der Waals surface area contributed by atoms with E-state index in [-0.39, 0.29) is 6.61 Å². The third-order valence-corrected chi connectivity index (χ3v) is 3.35. The molecule has 0 radical (unpaired) electrons. The number of aliphatic hydroxyl groups is 1. The highest BCUT2D eigenvalue weighted by Gasteiger charge is 2.11. The van der Waals surface area contributed by atoms with Crippen molar-refractivity contribution in [3.8, 4) is 0 Å². The van der Waals surface area contributed by atoms with E-state index in [4.69, 9.17) is 10.2 Å². The molecule has 2 N–H and O–H groups in total. The summed E-state index contributed by atoms with van der Waals surface area (Å²) in [7, 11) is 0. The van der Waals surface area contributed by atoms with Gasteiger partial charge in [-0.05, 0) is 12.8 Å². The third kappa shape index (κ3) is 13.5. The predicted molar refractivity (Wildman–Crippen MR) is 76.4 cm³/mol. The van der Waals surface area contributed by atoms with E-state index in [0.717, 1.165) is 12.8 Å². The lowest BCUT2D eigenvalue weighted by molar-refractivity contribution is 0.0193. The zero-order valence-corrected chi connectivity index (χ0v) is 12.3. The molecule has 1 unspecified atom stereocenters. The number of rotatable bonds is 13. The molecule has 0 saturated heterocycles. The maximum absolute atomic E-state index is 10.3. The zero-order chi connectivity index (χ0) is 14.3. The molecule has 0 spiro atoms. The van der Waals surface area contributed by atoms with Gasteiger partial charge in [0.25, 0.3) is 0 Å². The summed E-state index contributed by atoms with van der Waals surface area (Å²) in [6.07, 6.45) is 11.2. The fourth-order valence-corrected chi connectivity index (χ4v) is 2.19. The first kappa shape index (κ1) is 18.2. The van der Waals surface area contributed by atoms with Gasteiger partial charge in [0.05, 0.1) is 6.61 Å². The molecule has 114 valence electrons. The maximum atomic E-state index is 10.3. The number of aliphatic hydroxyl groups excluding tert-OH is 1. The summed E-state index contributed by atoms with van der Waals surface area (Å²) < 4.78 is 4.55. The molecular weight excluding hydrogens is 244 g/mol. The van der Waals surface area contributed by atoms with Crippen molar-refractivity contribution < 1.29 is 19.7 Å². The monoisotopic (exact) mass is 274 g/mol. The smallest absolute Gasteiger partial charge is 0.450 e. The Kier molecular flexibility index (Phi) is 13.1. The summed E-state index contributed by atoms with van der Waals surface area (Å²) in [6, 6.07) is 0. The molecular formula is C15H30O4. The van der Waals surface area contributed by atoms with Crippen molar-refractivity contribution in [3.63, 3.8) is 0 Å². The molecule has 0 aromatic heterocycles. The van der Waals surface area contributed by atoms with E-state index in [9.17, 15) is 4.79 Å². The van der Waals surface area contributed by atoms with Gasteiger partial charge in [0.1, 0.15) is 6.10 Å². The Balaban J connectivity index is 3.23. The molecule has 19 heavy (non-hydrogen) atoms. The lowest BCUT2D eigenvalue weighted by Gasteiger charge is -2.12. The summed E-state index contributed by atoms with van der Waals surface area (Å²) in [6.45, 7) is 2.01. The van der Waals surface area contributed by atoms with Crippen LogP contribution in [0, 0.1) is 0 Å². The third-order valence-electron chi connectivity index (χ3n) is 3.35. The second kappa shape index (κ2) is 13.7. The quantitative estimate of drug-likeness (QED) is 0.387. The predicted octanol–water partition coefficient (Wildman–Crippen LogP) is 4.35. The van der Waals surface area contributed by atoms with E-state index in [2.05, 4.69) is 11.7 Å². The summed E-state index contributed by atoms with van der Waals surface area (Å²) in [5.74, 6) is 0. The molecule has 0 rings (SSSR count). The van der Waals surface area contributed by atoms with Gasteiger partial charge >= 0.3 is 6.16 Å². The molecule has 0 fully saturated rings. The van der Waals surface area contributed by atoms with E-state index in [1.165, 1.54) is 51.4 Å². The van der Waals surface area contributed by atoms with Crippen molar-refractivity contribution >= 4 is 6.16 Å². The largest absolute Gasteiger partial charge is 0.506 e. The van der Waals surface area contributed by atoms with Crippen molar-refractivity contribution in [3.05, 3.63) is 0 Å². The average molecular weight is 274 g/mol. The highest BCUT2D eigenvalue weighted by molar-refractivity contribution is 5.57.